The molecule has 0 N–H and O–H groups in total. The van der Waals surface area contributed by atoms with Crippen LogP contribution in [0.25, 0.3) is 0 Å². The second kappa shape index (κ2) is 4.72. The molecular formula is C13H17NO3S. The monoisotopic (exact) mass is 267 g/mol. The van der Waals surface area contributed by atoms with Crippen molar-refractivity contribution in [3.8, 4) is 0 Å². The molecule has 0 amide bonds. The van der Waals surface area contributed by atoms with Crippen molar-refractivity contribution < 1.29 is 14.3 Å². The minimum atomic E-state index is -0.333. The number of ketones is 1. The van der Waals surface area contributed by atoms with E-state index in [0.29, 0.717) is 19.6 Å². The van der Waals surface area contributed by atoms with Gasteiger partial charge in [0.1, 0.15) is 10.6 Å². The maximum absolute atomic E-state index is 11.9. The van der Waals surface area contributed by atoms with Crippen LogP contribution in [0.2, 0.25) is 0 Å². The molecule has 1 aromatic rings. The largest absolute Gasteiger partial charge is 0.381 e. The molecular weight excluding hydrogens is 250 g/mol. The zero-order valence-electron chi connectivity index (χ0n) is 10.5. The summed E-state index contributed by atoms with van der Waals surface area (Å²) in [4.78, 5) is 17.4. The molecule has 0 saturated carbocycles. The second-order valence-corrected chi connectivity index (χ2v) is 5.88. The van der Waals surface area contributed by atoms with Gasteiger partial charge in [-0.15, -0.1) is 11.3 Å². The summed E-state index contributed by atoms with van der Waals surface area (Å²) in [7, 11) is 1.73. The lowest BCUT2D eigenvalue weighted by Crippen LogP contribution is -2.35. The van der Waals surface area contributed by atoms with Gasteiger partial charge in [-0.05, 0) is 12.8 Å². The van der Waals surface area contributed by atoms with Crippen LogP contribution in [0.15, 0.2) is 0 Å². The molecule has 1 saturated heterocycles. The van der Waals surface area contributed by atoms with E-state index in [2.05, 4.69) is 4.98 Å². The standard InChI is InChI=1S/C13H17NO3S/c1-16-13(5-7-17-8-6-13)12-14-9-3-2-4-10(15)11(9)18-12/h2-8H2,1H3. The lowest BCUT2D eigenvalue weighted by atomic mass is 9.94. The highest BCUT2D eigenvalue weighted by Crippen LogP contribution is 2.40. The van der Waals surface area contributed by atoms with E-state index >= 15 is 0 Å². The molecule has 3 rings (SSSR count). The maximum Gasteiger partial charge on any atom is 0.174 e. The number of aromatic nitrogens is 1. The van der Waals surface area contributed by atoms with E-state index in [1.54, 1.807) is 7.11 Å². The predicted octanol–water partition coefficient (Wildman–Crippen LogP) is 2.31. The van der Waals surface area contributed by atoms with Gasteiger partial charge in [0, 0.05) is 39.6 Å². The third-order valence-electron chi connectivity index (χ3n) is 3.85. The zero-order valence-corrected chi connectivity index (χ0v) is 11.3. The smallest absolute Gasteiger partial charge is 0.174 e. The number of carbonyl (C=O) groups excluding carboxylic acids is 1. The Morgan fingerprint density at radius 1 is 1.33 bits per heavy atom. The van der Waals surface area contributed by atoms with Crippen molar-refractivity contribution >= 4 is 17.1 Å². The van der Waals surface area contributed by atoms with Gasteiger partial charge in [-0.25, -0.2) is 4.98 Å². The van der Waals surface area contributed by atoms with E-state index in [1.807, 2.05) is 0 Å². The molecule has 0 spiro atoms. The van der Waals surface area contributed by atoms with Gasteiger partial charge in [0.15, 0.2) is 5.78 Å². The van der Waals surface area contributed by atoms with Crippen molar-refractivity contribution in [1.82, 2.24) is 4.98 Å². The minimum Gasteiger partial charge on any atom is -0.381 e. The molecule has 18 heavy (non-hydrogen) atoms. The Kier molecular flexibility index (Phi) is 3.21. The Balaban J connectivity index is 1.98. The SMILES string of the molecule is COC1(c2nc3c(s2)C(=O)CCC3)CCOCC1. The summed E-state index contributed by atoms with van der Waals surface area (Å²) in [5.74, 6) is 0.248. The average molecular weight is 267 g/mol. The average Bonchev–Trinajstić information content (AvgIpc) is 2.85. The summed E-state index contributed by atoms with van der Waals surface area (Å²) in [6.45, 7) is 1.40. The summed E-state index contributed by atoms with van der Waals surface area (Å²) in [6.07, 6.45) is 4.16. The molecule has 1 aliphatic carbocycles. The highest BCUT2D eigenvalue weighted by atomic mass is 32.1. The molecule has 0 aromatic carbocycles. The maximum atomic E-state index is 11.9. The first-order chi connectivity index (χ1) is 8.75. The van der Waals surface area contributed by atoms with Crippen molar-refractivity contribution in [1.29, 1.82) is 0 Å². The summed E-state index contributed by atoms with van der Waals surface area (Å²) in [5, 5.41) is 0.966. The van der Waals surface area contributed by atoms with Gasteiger partial charge in [-0.2, -0.15) is 0 Å². The number of rotatable bonds is 2. The topological polar surface area (TPSA) is 48.4 Å². The molecule has 1 fully saturated rings. The van der Waals surface area contributed by atoms with E-state index in [1.165, 1.54) is 11.3 Å². The molecule has 0 radical (unpaired) electrons. The molecule has 2 heterocycles. The first-order valence-electron chi connectivity index (χ1n) is 6.41. The van der Waals surface area contributed by atoms with E-state index in [0.717, 1.165) is 41.3 Å². The van der Waals surface area contributed by atoms with Crippen molar-refractivity contribution in [2.75, 3.05) is 20.3 Å². The lowest BCUT2D eigenvalue weighted by molar-refractivity contribution is -0.0948. The Hall–Kier alpha value is -0.780. The van der Waals surface area contributed by atoms with Crippen LogP contribution in [0.4, 0.5) is 0 Å². The number of hydrogen-bond acceptors (Lipinski definition) is 5. The zero-order chi connectivity index (χ0) is 12.6. The Morgan fingerprint density at radius 3 is 2.78 bits per heavy atom. The molecule has 2 aliphatic rings. The third-order valence-corrected chi connectivity index (χ3v) is 5.17. The van der Waals surface area contributed by atoms with Gasteiger partial charge in [0.05, 0.1) is 10.6 Å². The fourth-order valence-corrected chi connectivity index (χ4v) is 3.97. The summed E-state index contributed by atoms with van der Waals surface area (Å²) >= 11 is 1.53. The van der Waals surface area contributed by atoms with Crippen molar-refractivity contribution in [3.63, 3.8) is 0 Å². The van der Waals surface area contributed by atoms with E-state index in [4.69, 9.17) is 9.47 Å². The van der Waals surface area contributed by atoms with Gasteiger partial charge >= 0.3 is 0 Å². The highest BCUT2D eigenvalue weighted by Gasteiger charge is 2.39. The summed E-state index contributed by atoms with van der Waals surface area (Å²) in [5.41, 5.74) is 0.648. The molecule has 4 nitrogen and oxygen atoms in total. The molecule has 98 valence electrons. The number of aryl methyl sites for hydroxylation is 1. The first-order valence-corrected chi connectivity index (χ1v) is 7.23. The summed E-state index contributed by atoms with van der Waals surface area (Å²) in [6, 6.07) is 0. The Bertz CT molecular complexity index is 463. The van der Waals surface area contributed by atoms with Gasteiger partial charge < -0.3 is 9.47 Å². The number of fused-ring (bicyclic) bond motifs is 1. The molecule has 5 heteroatoms. The normalized spacial score (nSPS) is 22.8. The number of methoxy groups -OCH3 is 1. The lowest BCUT2D eigenvalue weighted by Gasteiger charge is -2.33. The van der Waals surface area contributed by atoms with E-state index in [9.17, 15) is 4.79 Å². The van der Waals surface area contributed by atoms with Crippen LogP contribution in [0.1, 0.15) is 46.1 Å². The number of nitrogens with zero attached hydrogens (tertiary/aromatic N) is 1. The Labute approximate surface area is 110 Å². The number of carbonyl (C=O) groups is 1. The van der Waals surface area contributed by atoms with Crippen LogP contribution in [0.5, 0.6) is 0 Å². The van der Waals surface area contributed by atoms with Gasteiger partial charge in [-0.3, -0.25) is 4.79 Å². The molecule has 0 atom stereocenters. The van der Waals surface area contributed by atoms with Crippen LogP contribution in [-0.2, 0) is 21.5 Å². The Morgan fingerprint density at radius 2 is 2.11 bits per heavy atom. The molecule has 0 unspecified atom stereocenters. The number of ether oxygens (including phenoxy) is 2. The van der Waals surface area contributed by atoms with E-state index < -0.39 is 0 Å². The van der Waals surface area contributed by atoms with Crippen LogP contribution >= 0.6 is 11.3 Å². The van der Waals surface area contributed by atoms with Gasteiger partial charge in [-0.1, -0.05) is 0 Å². The van der Waals surface area contributed by atoms with Crippen LogP contribution in [0, 0.1) is 0 Å². The number of thiazole rings is 1. The quantitative estimate of drug-likeness (QED) is 0.825. The predicted molar refractivity (Wildman–Crippen MR) is 68.1 cm³/mol. The van der Waals surface area contributed by atoms with Crippen LogP contribution in [0.3, 0.4) is 0 Å². The van der Waals surface area contributed by atoms with E-state index in [-0.39, 0.29) is 11.4 Å². The number of hydrogen-bond donors (Lipinski definition) is 0. The molecule has 1 aliphatic heterocycles. The third kappa shape index (κ3) is 1.90. The van der Waals surface area contributed by atoms with Crippen molar-refractivity contribution in [2.24, 2.45) is 0 Å². The first kappa shape index (κ1) is 12.3. The summed E-state index contributed by atoms with van der Waals surface area (Å²) < 4.78 is 11.1. The fourth-order valence-electron chi connectivity index (χ4n) is 2.67. The minimum absolute atomic E-state index is 0.248. The number of Topliss-reactive ketones (excluding diaryl/α,β-unsaturated/α-hetero) is 1. The van der Waals surface area contributed by atoms with Crippen LogP contribution < -0.4 is 0 Å². The highest BCUT2D eigenvalue weighted by molar-refractivity contribution is 7.14. The second-order valence-electron chi connectivity index (χ2n) is 4.88. The van der Waals surface area contributed by atoms with Gasteiger partial charge in [0.2, 0.25) is 0 Å². The fraction of sp³-hybridized carbons (Fsp3) is 0.692. The van der Waals surface area contributed by atoms with Gasteiger partial charge in [0.25, 0.3) is 0 Å². The van der Waals surface area contributed by atoms with Crippen LogP contribution in [-0.4, -0.2) is 31.1 Å². The van der Waals surface area contributed by atoms with Crippen molar-refractivity contribution in [3.05, 3.63) is 15.6 Å². The van der Waals surface area contributed by atoms with Crippen molar-refractivity contribution in [2.45, 2.75) is 37.7 Å². The molecule has 1 aromatic heterocycles. The molecule has 0 bridgehead atoms.